The second-order valence-electron chi connectivity index (χ2n) is 6.16. The molecule has 0 unspecified atom stereocenters. The molecule has 0 fully saturated rings. The van der Waals surface area contributed by atoms with E-state index in [0.29, 0.717) is 4.88 Å². The number of amides is 2. The van der Waals surface area contributed by atoms with E-state index in [1.165, 1.54) is 35.6 Å². The lowest BCUT2D eigenvalue weighted by atomic mass is 10.2. The molecule has 9 heteroatoms. The summed E-state index contributed by atoms with van der Waals surface area (Å²) in [4.78, 5) is 25.7. The number of hydrazine groups is 1. The first-order chi connectivity index (χ1) is 13.8. The molecule has 7 nitrogen and oxygen atoms in total. The molecule has 0 aliphatic heterocycles. The van der Waals surface area contributed by atoms with E-state index in [0.717, 1.165) is 10.4 Å². The highest BCUT2D eigenvalue weighted by Gasteiger charge is 2.17. The fraction of sp³-hybridized carbons (Fsp3) is 0.100. The van der Waals surface area contributed by atoms with Gasteiger partial charge in [0, 0.05) is 17.0 Å². The Hall–Kier alpha value is -3.01. The van der Waals surface area contributed by atoms with Gasteiger partial charge >= 0.3 is 0 Å². The monoisotopic (exact) mass is 429 g/mol. The van der Waals surface area contributed by atoms with Crippen LogP contribution in [0.4, 0.5) is 0 Å². The van der Waals surface area contributed by atoms with Crippen LogP contribution < -0.4 is 15.6 Å². The lowest BCUT2D eigenvalue weighted by molar-refractivity contribution is 0.0849. The van der Waals surface area contributed by atoms with Crippen LogP contribution in [0.25, 0.3) is 0 Å². The van der Waals surface area contributed by atoms with E-state index in [1.54, 1.807) is 12.1 Å². The Morgan fingerprint density at radius 3 is 2.31 bits per heavy atom. The molecule has 0 spiro atoms. The van der Waals surface area contributed by atoms with Crippen molar-refractivity contribution in [3.05, 3.63) is 87.6 Å². The zero-order valence-corrected chi connectivity index (χ0v) is 17.1. The fourth-order valence-corrected chi connectivity index (χ4v) is 4.29. The van der Waals surface area contributed by atoms with Crippen molar-refractivity contribution in [2.75, 3.05) is 0 Å². The van der Waals surface area contributed by atoms with Gasteiger partial charge in [-0.05, 0) is 42.8 Å². The first kappa shape index (κ1) is 20.7. The molecule has 0 atom stereocenters. The number of nitrogens with one attached hydrogen (secondary N) is 3. The minimum absolute atomic E-state index is 0.0405. The third kappa shape index (κ3) is 5.50. The van der Waals surface area contributed by atoms with Crippen LogP contribution in [0, 0.1) is 6.92 Å². The predicted molar refractivity (Wildman–Crippen MR) is 111 cm³/mol. The molecule has 29 heavy (non-hydrogen) atoms. The molecule has 0 saturated carbocycles. The van der Waals surface area contributed by atoms with Crippen molar-refractivity contribution in [1.29, 1.82) is 0 Å². The van der Waals surface area contributed by atoms with E-state index in [-0.39, 0.29) is 17.0 Å². The van der Waals surface area contributed by atoms with Crippen LogP contribution in [0.5, 0.6) is 0 Å². The molecular formula is C20H19N3O4S2. The molecule has 1 aromatic heterocycles. The van der Waals surface area contributed by atoms with Gasteiger partial charge in [0.2, 0.25) is 10.0 Å². The van der Waals surface area contributed by atoms with Crippen molar-refractivity contribution in [2.45, 2.75) is 18.4 Å². The molecule has 3 rings (SSSR count). The maximum Gasteiger partial charge on any atom is 0.279 e. The van der Waals surface area contributed by atoms with Gasteiger partial charge in [-0.15, -0.1) is 11.3 Å². The number of sulfonamides is 1. The molecule has 0 bridgehead atoms. The van der Waals surface area contributed by atoms with Crippen LogP contribution in [-0.2, 0) is 16.6 Å². The normalized spacial score (nSPS) is 11.1. The first-order valence-corrected chi connectivity index (χ1v) is 11.0. The molecule has 0 radical (unpaired) electrons. The Labute approximate surface area is 172 Å². The fourth-order valence-electron chi connectivity index (χ4n) is 2.47. The van der Waals surface area contributed by atoms with Gasteiger partial charge < -0.3 is 0 Å². The highest BCUT2D eigenvalue weighted by molar-refractivity contribution is 7.89. The number of hydrogen-bond acceptors (Lipinski definition) is 5. The Morgan fingerprint density at radius 2 is 1.62 bits per heavy atom. The van der Waals surface area contributed by atoms with Crippen LogP contribution in [0.1, 0.15) is 30.5 Å². The average Bonchev–Trinajstić information content (AvgIpc) is 3.17. The summed E-state index contributed by atoms with van der Waals surface area (Å²) in [6.45, 7) is 2.01. The number of carbonyl (C=O) groups excluding carboxylic acids is 2. The summed E-state index contributed by atoms with van der Waals surface area (Å²) in [6, 6.07) is 18.2. The number of carbonyl (C=O) groups is 2. The van der Waals surface area contributed by atoms with Gasteiger partial charge in [-0.2, -0.15) is 0 Å². The van der Waals surface area contributed by atoms with Crippen LogP contribution in [-0.4, -0.2) is 20.2 Å². The van der Waals surface area contributed by atoms with Crippen LogP contribution in [0.2, 0.25) is 0 Å². The lowest BCUT2D eigenvalue weighted by Gasteiger charge is -2.09. The predicted octanol–water partition coefficient (Wildman–Crippen LogP) is 2.61. The zero-order valence-electron chi connectivity index (χ0n) is 15.5. The van der Waals surface area contributed by atoms with Crippen molar-refractivity contribution in [3.8, 4) is 0 Å². The van der Waals surface area contributed by atoms with Gasteiger partial charge in [-0.25, -0.2) is 13.1 Å². The maximum absolute atomic E-state index is 12.5. The van der Waals surface area contributed by atoms with Crippen molar-refractivity contribution in [1.82, 2.24) is 15.6 Å². The number of hydrogen-bond donors (Lipinski definition) is 3. The van der Waals surface area contributed by atoms with E-state index in [9.17, 15) is 18.0 Å². The summed E-state index contributed by atoms with van der Waals surface area (Å²) in [5.41, 5.74) is 5.54. The molecule has 3 aromatic rings. The first-order valence-electron chi connectivity index (χ1n) is 8.66. The van der Waals surface area contributed by atoms with Gasteiger partial charge in [0.1, 0.15) is 0 Å². The van der Waals surface area contributed by atoms with Crippen LogP contribution in [0.3, 0.4) is 0 Å². The highest BCUT2D eigenvalue weighted by atomic mass is 32.2. The molecule has 1 heterocycles. The molecule has 3 N–H and O–H groups in total. The zero-order chi connectivity index (χ0) is 20.9. The summed E-state index contributed by atoms with van der Waals surface area (Å²) >= 11 is 1.30. The molecule has 0 saturated heterocycles. The van der Waals surface area contributed by atoms with E-state index in [1.807, 2.05) is 37.3 Å². The third-order valence-electron chi connectivity index (χ3n) is 3.97. The van der Waals surface area contributed by atoms with Crippen molar-refractivity contribution in [3.63, 3.8) is 0 Å². The molecular weight excluding hydrogens is 410 g/mol. The highest BCUT2D eigenvalue weighted by Crippen LogP contribution is 2.15. The molecule has 2 amide bonds. The minimum Gasteiger partial charge on any atom is -0.267 e. The standard InChI is InChI=1S/C20H19N3O4S2/c1-14-10-11-18(28-14)20(25)23-22-19(24)16-8-5-9-17(12-16)29(26,27)21-13-15-6-3-2-4-7-15/h2-12,21H,13H2,1H3,(H,22,24)(H,23,25). The summed E-state index contributed by atoms with van der Waals surface area (Å²) in [5.74, 6) is -1.06. The van der Waals surface area contributed by atoms with Crippen LogP contribution >= 0.6 is 11.3 Å². The minimum atomic E-state index is -3.80. The molecule has 0 aliphatic carbocycles. The van der Waals surface area contributed by atoms with Crippen LogP contribution in [0.15, 0.2) is 71.6 Å². The topological polar surface area (TPSA) is 104 Å². The Bertz CT molecular complexity index is 1130. The van der Waals surface area contributed by atoms with Gasteiger partial charge in [0.05, 0.1) is 9.77 Å². The van der Waals surface area contributed by atoms with E-state index < -0.39 is 21.8 Å². The number of aryl methyl sites for hydroxylation is 1. The Balaban J connectivity index is 1.64. The summed E-state index contributed by atoms with van der Waals surface area (Å²) in [6.07, 6.45) is 0. The molecule has 0 aliphatic rings. The molecule has 150 valence electrons. The van der Waals surface area contributed by atoms with E-state index in [4.69, 9.17) is 0 Å². The van der Waals surface area contributed by atoms with Gasteiger partial charge in [-0.3, -0.25) is 20.4 Å². The lowest BCUT2D eigenvalue weighted by Crippen LogP contribution is -2.41. The van der Waals surface area contributed by atoms with E-state index in [2.05, 4.69) is 15.6 Å². The van der Waals surface area contributed by atoms with E-state index >= 15 is 0 Å². The quantitative estimate of drug-likeness (QED) is 0.524. The van der Waals surface area contributed by atoms with Crippen molar-refractivity contribution >= 4 is 33.2 Å². The third-order valence-corrected chi connectivity index (χ3v) is 6.37. The maximum atomic E-state index is 12.5. The second kappa shape index (κ2) is 8.99. The largest absolute Gasteiger partial charge is 0.279 e. The second-order valence-corrected chi connectivity index (χ2v) is 9.21. The van der Waals surface area contributed by atoms with Gasteiger partial charge in [0.25, 0.3) is 11.8 Å². The Morgan fingerprint density at radius 1 is 0.897 bits per heavy atom. The molecule has 2 aromatic carbocycles. The smallest absolute Gasteiger partial charge is 0.267 e. The summed E-state index contributed by atoms with van der Waals surface area (Å²) in [5, 5.41) is 0. The van der Waals surface area contributed by atoms with Gasteiger partial charge in [-0.1, -0.05) is 36.4 Å². The van der Waals surface area contributed by atoms with Crippen molar-refractivity contribution < 1.29 is 18.0 Å². The summed E-state index contributed by atoms with van der Waals surface area (Å²) < 4.78 is 27.5. The summed E-state index contributed by atoms with van der Waals surface area (Å²) in [7, 11) is -3.80. The number of benzene rings is 2. The number of rotatable bonds is 6. The van der Waals surface area contributed by atoms with Gasteiger partial charge in [0.15, 0.2) is 0 Å². The van der Waals surface area contributed by atoms with Crippen molar-refractivity contribution in [2.24, 2.45) is 0 Å². The average molecular weight is 430 g/mol. The number of thiophene rings is 1. The Kier molecular flexibility index (Phi) is 6.42. The SMILES string of the molecule is Cc1ccc(C(=O)NNC(=O)c2cccc(S(=O)(=O)NCc3ccccc3)c2)s1.